The normalized spacial score (nSPS) is 11.7. The van der Waals surface area contributed by atoms with Crippen LogP contribution >= 0.6 is 34.2 Å². The summed E-state index contributed by atoms with van der Waals surface area (Å²) < 4.78 is 1.19. The Bertz CT molecular complexity index is 605. The molecular weight excluding hydrogens is 357 g/mol. The van der Waals surface area contributed by atoms with E-state index in [4.69, 9.17) is 11.6 Å². The quantitative estimate of drug-likeness (QED) is 0.497. The average molecular weight is 370 g/mol. The topological polar surface area (TPSA) is 12.4 Å². The van der Waals surface area contributed by atoms with Crippen LogP contribution in [0.3, 0.4) is 0 Å². The number of hydrogen-bond acceptors (Lipinski definition) is 1. The molecule has 0 aliphatic rings. The second-order valence-electron chi connectivity index (χ2n) is 4.14. The number of nitrogens with zero attached hydrogens (tertiary/aromatic N) is 1. The van der Waals surface area contributed by atoms with E-state index in [1.165, 1.54) is 3.57 Å². The molecule has 0 heterocycles. The van der Waals surface area contributed by atoms with E-state index in [9.17, 15) is 0 Å². The number of rotatable bonds is 2. The van der Waals surface area contributed by atoms with Crippen LogP contribution in [-0.2, 0) is 0 Å². The van der Waals surface area contributed by atoms with Crippen molar-refractivity contribution in [1.29, 1.82) is 0 Å². The summed E-state index contributed by atoms with van der Waals surface area (Å²) in [6.07, 6.45) is 0. The minimum absolute atomic E-state index is 0.792. The zero-order valence-corrected chi connectivity index (χ0v) is 13.2. The van der Waals surface area contributed by atoms with Crippen molar-refractivity contribution in [3.63, 3.8) is 0 Å². The molecule has 2 aromatic carbocycles. The fourth-order valence-electron chi connectivity index (χ4n) is 1.67. The van der Waals surface area contributed by atoms with Gasteiger partial charge in [-0.15, -0.1) is 0 Å². The van der Waals surface area contributed by atoms with Gasteiger partial charge in [0, 0.05) is 14.3 Å². The molecule has 0 bridgehead atoms. The van der Waals surface area contributed by atoms with Crippen LogP contribution in [0.1, 0.15) is 18.1 Å². The van der Waals surface area contributed by atoms with Gasteiger partial charge in [-0.1, -0.05) is 23.7 Å². The standard InChI is InChI=1S/C15H13ClIN/c1-10-8-12(6-7-15(10)16)11(2)18-14-5-3-4-13(17)9-14/h3-9H,1-2H3/b18-11+. The molecule has 0 saturated carbocycles. The lowest BCUT2D eigenvalue weighted by Crippen LogP contribution is -1.94. The van der Waals surface area contributed by atoms with Crippen LogP contribution in [-0.4, -0.2) is 5.71 Å². The SMILES string of the molecule is C/C(=N\c1cccc(I)c1)c1ccc(Cl)c(C)c1. The summed E-state index contributed by atoms with van der Waals surface area (Å²) in [6, 6.07) is 14.1. The van der Waals surface area contributed by atoms with E-state index >= 15 is 0 Å². The van der Waals surface area contributed by atoms with E-state index in [1.54, 1.807) is 0 Å². The van der Waals surface area contributed by atoms with E-state index in [0.717, 1.165) is 27.5 Å². The molecule has 0 aliphatic heterocycles. The largest absolute Gasteiger partial charge is 0.253 e. The van der Waals surface area contributed by atoms with Crippen LogP contribution in [0.4, 0.5) is 5.69 Å². The zero-order valence-electron chi connectivity index (χ0n) is 10.2. The molecule has 2 rings (SSSR count). The van der Waals surface area contributed by atoms with Gasteiger partial charge in [-0.05, 0) is 77.9 Å². The van der Waals surface area contributed by atoms with Crippen molar-refractivity contribution >= 4 is 45.6 Å². The maximum absolute atomic E-state index is 6.03. The predicted octanol–water partition coefficient (Wildman–Crippen LogP) is 5.39. The van der Waals surface area contributed by atoms with Gasteiger partial charge in [0.2, 0.25) is 0 Å². The maximum atomic E-state index is 6.03. The van der Waals surface area contributed by atoms with Crippen LogP contribution in [0, 0.1) is 10.5 Å². The summed E-state index contributed by atoms with van der Waals surface area (Å²) in [6.45, 7) is 4.02. The Labute approximate surface area is 126 Å². The molecule has 0 fully saturated rings. The molecule has 0 amide bonds. The lowest BCUT2D eigenvalue weighted by atomic mass is 10.1. The van der Waals surface area contributed by atoms with Crippen molar-refractivity contribution in [2.24, 2.45) is 4.99 Å². The van der Waals surface area contributed by atoms with Gasteiger partial charge in [0.25, 0.3) is 0 Å². The highest BCUT2D eigenvalue weighted by Crippen LogP contribution is 2.20. The molecule has 0 aromatic heterocycles. The highest BCUT2D eigenvalue weighted by Gasteiger charge is 2.01. The van der Waals surface area contributed by atoms with E-state index in [-0.39, 0.29) is 0 Å². The van der Waals surface area contributed by atoms with E-state index in [1.807, 2.05) is 38.1 Å². The molecule has 1 nitrogen and oxygen atoms in total. The Morgan fingerprint density at radius 3 is 2.61 bits per heavy atom. The highest BCUT2D eigenvalue weighted by molar-refractivity contribution is 14.1. The molecule has 2 aromatic rings. The number of halogens is 2. The lowest BCUT2D eigenvalue weighted by Gasteiger charge is -2.04. The monoisotopic (exact) mass is 369 g/mol. The van der Waals surface area contributed by atoms with Gasteiger partial charge >= 0.3 is 0 Å². The van der Waals surface area contributed by atoms with Gasteiger partial charge in [-0.3, -0.25) is 4.99 Å². The summed E-state index contributed by atoms with van der Waals surface area (Å²) in [7, 11) is 0. The number of aliphatic imine (C=N–C) groups is 1. The van der Waals surface area contributed by atoms with Gasteiger partial charge in [0.05, 0.1) is 5.69 Å². The van der Waals surface area contributed by atoms with E-state index in [2.05, 4.69) is 45.8 Å². The molecule has 18 heavy (non-hydrogen) atoms. The van der Waals surface area contributed by atoms with Crippen LogP contribution in [0.2, 0.25) is 5.02 Å². The fourth-order valence-corrected chi connectivity index (χ4v) is 2.32. The highest BCUT2D eigenvalue weighted by atomic mass is 127. The molecule has 0 radical (unpaired) electrons. The first-order valence-corrected chi connectivity index (χ1v) is 7.09. The minimum Gasteiger partial charge on any atom is -0.253 e. The summed E-state index contributed by atoms with van der Waals surface area (Å²) in [5.74, 6) is 0. The first kappa shape index (κ1) is 13.6. The lowest BCUT2D eigenvalue weighted by molar-refractivity contribution is 1.42. The summed E-state index contributed by atoms with van der Waals surface area (Å²) in [5, 5.41) is 0.792. The molecule has 0 atom stereocenters. The van der Waals surface area contributed by atoms with Crippen LogP contribution < -0.4 is 0 Å². The molecule has 0 spiro atoms. The van der Waals surface area contributed by atoms with Gasteiger partial charge in [0.1, 0.15) is 0 Å². The Morgan fingerprint density at radius 2 is 1.94 bits per heavy atom. The molecule has 3 heteroatoms. The number of aryl methyl sites for hydroxylation is 1. The number of hydrogen-bond donors (Lipinski definition) is 0. The maximum Gasteiger partial charge on any atom is 0.0643 e. The van der Waals surface area contributed by atoms with Gasteiger partial charge < -0.3 is 0 Å². The molecule has 0 saturated heterocycles. The Kier molecular flexibility index (Phi) is 4.40. The van der Waals surface area contributed by atoms with Gasteiger partial charge in [-0.2, -0.15) is 0 Å². The first-order chi connectivity index (χ1) is 8.56. The Balaban J connectivity index is 2.35. The molecule has 0 N–H and O–H groups in total. The zero-order chi connectivity index (χ0) is 13.1. The van der Waals surface area contributed by atoms with Crippen LogP contribution in [0.5, 0.6) is 0 Å². The molecular formula is C15H13ClIN. The van der Waals surface area contributed by atoms with Gasteiger partial charge in [0.15, 0.2) is 0 Å². The second-order valence-corrected chi connectivity index (χ2v) is 5.79. The fraction of sp³-hybridized carbons (Fsp3) is 0.133. The van der Waals surface area contributed by atoms with Crippen molar-refractivity contribution in [2.75, 3.05) is 0 Å². The minimum atomic E-state index is 0.792. The van der Waals surface area contributed by atoms with Crippen molar-refractivity contribution in [3.05, 3.63) is 62.2 Å². The van der Waals surface area contributed by atoms with Gasteiger partial charge in [-0.25, -0.2) is 0 Å². The van der Waals surface area contributed by atoms with E-state index in [0.29, 0.717) is 0 Å². The van der Waals surface area contributed by atoms with Crippen molar-refractivity contribution in [3.8, 4) is 0 Å². The van der Waals surface area contributed by atoms with Crippen molar-refractivity contribution in [1.82, 2.24) is 0 Å². The summed E-state index contributed by atoms with van der Waals surface area (Å²) in [5.41, 5.74) is 4.16. The third-order valence-corrected chi connectivity index (χ3v) is 3.78. The molecule has 0 unspecified atom stereocenters. The molecule has 0 aliphatic carbocycles. The average Bonchev–Trinajstić information content (AvgIpc) is 2.32. The molecule has 92 valence electrons. The number of benzene rings is 2. The van der Waals surface area contributed by atoms with Crippen LogP contribution in [0.15, 0.2) is 47.5 Å². The summed E-state index contributed by atoms with van der Waals surface area (Å²) in [4.78, 5) is 4.63. The smallest absolute Gasteiger partial charge is 0.0643 e. The predicted molar refractivity (Wildman–Crippen MR) is 87.2 cm³/mol. The Morgan fingerprint density at radius 1 is 1.17 bits per heavy atom. The third-order valence-electron chi connectivity index (χ3n) is 2.68. The first-order valence-electron chi connectivity index (χ1n) is 5.63. The van der Waals surface area contributed by atoms with Crippen molar-refractivity contribution in [2.45, 2.75) is 13.8 Å². The van der Waals surface area contributed by atoms with Crippen LogP contribution in [0.25, 0.3) is 0 Å². The van der Waals surface area contributed by atoms with E-state index < -0.39 is 0 Å². The Hall–Kier alpha value is -0.870. The summed E-state index contributed by atoms with van der Waals surface area (Å²) >= 11 is 8.32. The second kappa shape index (κ2) is 5.85. The van der Waals surface area contributed by atoms with Crippen molar-refractivity contribution < 1.29 is 0 Å². The third kappa shape index (κ3) is 3.33.